The van der Waals surface area contributed by atoms with Gasteiger partial charge in [-0.1, -0.05) is 30.3 Å². The number of nitrogens with zero attached hydrogens (tertiary/aromatic N) is 2. The summed E-state index contributed by atoms with van der Waals surface area (Å²) in [5, 5.41) is 3.47. The van der Waals surface area contributed by atoms with Crippen molar-refractivity contribution < 1.29 is 0 Å². The van der Waals surface area contributed by atoms with Crippen molar-refractivity contribution in [1.82, 2.24) is 15.3 Å². The zero-order chi connectivity index (χ0) is 14.6. The molecule has 3 heteroatoms. The first-order chi connectivity index (χ1) is 9.42. The summed E-state index contributed by atoms with van der Waals surface area (Å²) in [5.74, 6) is 0.891. The van der Waals surface area contributed by atoms with Crippen molar-refractivity contribution >= 4 is 0 Å². The normalized spacial score (nSPS) is 11.6. The van der Waals surface area contributed by atoms with Gasteiger partial charge in [0, 0.05) is 24.2 Å². The van der Waals surface area contributed by atoms with Crippen LogP contribution in [0.25, 0.3) is 0 Å². The van der Waals surface area contributed by atoms with Gasteiger partial charge in [0.1, 0.15) is 5.82 Å². The van der Waals surface area contributed by atoms with Crippen LogP contribution < -0.4 is 5.32 Å². The van der Waals surface area contributed by atoms with E-state index in [1.807, 2.05) is 31.2 Å². The second-order valence-corrected chi connectivity index (χ2v) is 6.18. The van der Waals surface area contributed by atoms with Gasteiger partial charge in [-0.15, -0.1) is 0 Å². The van der Waals surface area contributed by atoms with Crippen LogP contribution in [0.3, 0.4) is 0 Å². The van der Waals surface area contributed by atoms with Gasteiger partial charge in [0.15, 0.2) is 0 Å². The Balaban J connectivity index is 2.12. The number of nitrogens with one attached hydrogen (secondary N) is 1. The molecule has 0 amide bonds. The fourth-order valence-corrected chi connectivity index (χ4v) is 2.00. The Kier molecular flexibility index (Phi) is 4.50. The molecule has 1 aromatic heterocycles. The van der Waals surface area contributed by atoms with Crippen LogP contribution in [0.4, 0.5) is 0 Å². The molecule has 2 rings (SSSR count). The molecular weight excluding hydrogens is 246 g/mol. The van der Waals surface area contributed by atoms with Crippen molar-refractivity contribution in [2.45, 2.75) is 46.2 Å². The number of benzene rings is 1. The summed E-state index contributed by atoms with van der Waals surface area (Å²) in [6, 6.07) is 12.4. The van der Waals surface area contributed by atoms with Gasteiger partial charge in [0.2, 0.25) is 0 Å². The summed E-state index contributed by atoms with van der Waals surface area (Å²) in [7, 11) is 0. The van der Waals surface area contributed by atoms with E-state index in [1.165, 1.54) is 5.56 Å². The third-order valence-electron chi connectivity index (χ3n) is 2.96. The standard InChI is InChI=1S/C17H23N3/c1-13-10-15(12-18-17(2,3)4)20-16(19-13)11-14-8-6-5-7-9-14/h5-10,18H,11-12H2,1-4H3. The highest BCUT2D eigenvalue weighted by molar-refractivity contribution is 5.20. The second kappa shape index (κ2) is 6.14. The van der Waals surface area contributed by atoms with E-state index in [1.54, 1.807) is 0 Å². The van der Waals surface area contributed by atoms with Gasteiger partial charge in [-0.25, -0.2) is 9.97 Å². The van der Waals surface area contributed by atoms with E-state index in [-0.39, 0.29) is 5.54 Å². The lowest BCUT2D eigenvalue weighted by Crippen LogP contribution is -2.35. The molecular formula is C17H23N3. The molecule has 3 nitrogen and oxygen atoms in total. The predicted molar refractivity (Wildman–Crippen MR) is 82.6 cm³/mol. The molecule has 0 fully saturated rings. The summed E-state index contributed by atoms with van der Waals surface area (Å²) in [5.41, 5.74) is 3.42. The zero-order valence-corrected chi connectivity index (χ0v) is 12.8. The van der Waals surface area contributed by atoms with Gasteiger partial charge < -0.3 is 5.32 Å². The van der Waals surface area contributed by atoms with E-state index in [0.29, 0.717) is 0 Å². The van der Waals surface area contributed by atoms with E-state index < -0.39 is 0 Å². The second-order valence-electron chi connectivity index (χ2n) is 6.18. The smallest absolute Gasteiger partial charge is 0.133 e. The van der Waals surface area contributed by atoms with Crippen LogP contribution in [0.2, 0.25) is 0 Å². The maximum Gasteiger partial charge on any atom is 0.133 e. The van der Waals surface area contributed by atoms with Crippen LogP contribution >= 0.6 is 0 Å². The van der Waals surface area contributed by atoms with Crippen LogP contribution in [0.5, 0.6) is 0 Å². The molecule has 20 heavy (non-hydrogen) atoms. The molecule has 1 heterocycles. The summed E-state index contributed by atoms with van der Waals surface area (Å²) in [4.78, 5) is 9.19. The van der Waals surface area contributed by atoms with E-state index in [9.17, 15) is 0 Å². The van der Waals surface area contributed by atoms with Gasteiger partial charge >= 0.3 is 0 Å². The van der Waals surface area contributed by atoms with E-state index in [4.69, 9.17) is 0 Å². The third-order valence-corrected chi connectivity index (χ3v) is 2.96. The molecule has 0 aliphatic heterocycles. The molecule has 0 radical (unpaired) electrons. The lowest BCUT2D eigenvalue weighted by atomic mass is 10.1. The summed E-state index contributed by atoms with van der Waals surface area (Å²) in [6.07, 6.45) is 0.783. The molecule has 2 aromatic rings. The van der Waals surface area contributed by atoms with Gasteiger partial charge in [0.25, 0.3) is 0 Å². The molecule has 0 spiro atoms. The highest BCUT2D eigenvalue weighted by Gasteiger charge is 2.10. The zero-order valence-electron chi connectivity index (χ0n) is 12.8. The number of hydrogen-bond donors (Lipinski definition) is 1. The molecule has 0 saturated heterocycles. The Hall–Kier alpha value is -1.74. The number of hydrogen-bond acceptors (Lipinski definition) is 3. The molecule has 0 saturated carbocycles. The van der Waals surface area contributed by atoms with Crippen molar-refractivity contribution in [2.75, 3.05) is 0 Å². The van der Waals surface area contributed by atoms with Crippen LogP contribution in [0.15, 0.2) is 36.4 Å². The fourth-order valence-electron chi connectivity index (χ4n) is 2.00. The minimum absolute atomic E-state index is 0.0957. The summed E-state index contributed by atoms with van der Waals surface area (Å²) < 4.78 is 0. The average molecular weight is 269 g/mol. The SMILES string of the molecule is Cc1cc(CNC(C)(C)C)nc(Cc2ccccc2)n1. The lowest BCUT2D eigenvalue weighted by Gasteiger charge is -2.20. The quantitative estimate of drug-likeness (QED) is 0.925. The number of rotatable bonds is 4. The van der Waals surface area contributed by atoms with Crippen molar-refractivity contribution in [3.05, 3.63) is 59.2 Å². The molecule has 0 bridgehead atoms. The highest BCUT2D eigenvalue weighted by atomic mass is 15.0. The minimum atomic E-state index is 0.0957. The Morgan fingerprint density at radius 1 is 1.05 bits per heavy atom. The molecule has 0 aliphatic carbocycles. The van der Waals surface area contributed by atoms with Crippen LogP contribution in [-0.2, 0) is 13.0 Å². The van der Waals surface area contributed by atoms with Crippen molar-refractivity contribution in [1.29, 1.82) is 0 Å². The van der Waals surface area contributed by atoms with Crippen molar-refractivity contribution in [3.63, 3.8) is 0 Å². The van der Waals surface area contributed by atoms with E-state index in [2.05, 4.69) is 48.2 Å². The monoisotopic (exact) mass is 269 g/mol. The lowest BCUT2D eigenvalue weighted by molar-refractivity contribution is 0.420. The molecule has 0 aliphatic rings. The van der Waals surface area contributed by atoms with E-state index in [0.717, 1.165) is 30.2 Å². The van der Waals surface area contributed by atoms with Gasteiger partial charge in [-0.3, -0.25) is 0 Å². The third kappa shape index (κ3) is 4.74. The summed E-state index contributed by atoms with van der Waals surface area (Å²) in [6.45, 7) is 9.27. The molecule has 1 aromatic carbocycles. The van der Waals surface area contributed by atoms with Crippen molar-refractivity contribution in [3.8, 4) is 0 Å². The van der Waals surface area contributed by atoms with Gasteiger partial charge in [0.05, 0.1) is 5.69 Å². The Morgan fingerprint density at radius 2 is 1.75 bits per heavy atom. The number of aryl methyl sites for hydroxylation is 1. The highest BCUT2D eigenvalue weighted by Crippen LogP contribution is 2.09. The minimum Gasteiger partial charge on any atom is -0.306 e. The maximum atomic E-state index is 4.66. The Morgan fingerprint density at radius 3 is 2.40 bits per heavy atom. The molecule has 0 atom stereocenters. The fraction of sp³-hybridized carbons (Fsp3) is 0.412. The maximum absolute atomic E-state index is 4.66. The topological polar surface area (TPSA) is 37.8 Å². The first-order valence-corrected chi connectivity index (χ1v) is 7.05. The van der Waals surface area contributed by atoms with Crippen LogP contribution in [0, 0.1) is 6.92 Å². The predicted octanol–water partition coefficient (Wildman–Crippen LogP) is 3.26. The molecule has 0 unspecified atom stereocenters. The van der Waals surface area contributed by atoms with E-state index >= 15 is 0 Å². The number of aromatic nitrogens is 2. The largest absolute Gasteiger partial charge is 0.306 e. The molecule has 106 valence electrons. The Bertz CT molecular complexity index is 556. The average Bonchev–Trinajstić information content (AvgIpc) is 2.36. The first-order valence-electron chi connectivity index (χ1n) is 7.05. The van der Waals surface area contributed by atoms with Gasteiger partial charge in [-0.05, 0) is 39.3 Å². The molecule has 1 N–H and O–H groups in total. The van der Waals surface area contributed by atoms with Crippen LogP contribution in [0.1, 0.15) is 43.5 Å². The first kappa shape index (κ1) is 14.7. The van der Waals surface area contributed by atoms with Gasteiger partial charge in [-0.2, -0.15) is 0 Å². The van der Waals surface area contributed by atoms with Crippen LogP contribution in [-0.4, -0.2) is 15.5 Å². The van der Waals surface area contributed by atoms with Crippen molar-refractivity contribution in [2.24, 2.45) is 0 Å². The Labute approximate surface area is 121 Å². The summed E-state index contributed by atoms with van der Waals surface area (Å²) >= 11 is 0.